The lowest BCUT2D eigenvalue weighted by atomic mass is 10.1. The van der Waals surface area contributed by atoms with E-state index in [0.717, 1.165) is 11.1 Å². The van der Waals surface area contributed by atoms with Crippen LogP contribution in [-0.2, 0) is 16.4 Å². The lowest BCUT2D eigenvalue weighted by Crippen LogP contribution is -2.26. The van der Waals surface area contributed by atoms with Crippen LogP contribution in [0.5, 0.6) is 11.5 Å². The maximum atomic E-state index is 12.8. The van der Waals surface area contributed by atoms with Gasteiger partial charge in [-0.25, -0.2) is 18.1 Å². The minimum atomic E-state index is -3.66. The van der Waals surface area contributed by atoms with E-state index in [4.69, 9.17) is 9.47 Å². The second-order valence-corrected chi connectivity index (χ2v) is 8.96. The van der Waals surface area contributed by atoms with Gasteiger partial charge in [0.25, 0.3) is 0 Å². The maximum Gasteiger partial charge on any atom is 0.240 e. The predicted molar refractivity (Wildman–Crippen MR) is 125 cm³/mol. The van der Waals surface area contributed by atoms with Gasteiger partial charge in [0.1, 0.15) is 5.82 Å². The van der Waals surface area contributed by atoms with Crippen molar-refractivity contribution in [3.63, 3.8) is 0 Å². The molecule has 0 amide bonds. The summed E-state index contributed by atoms with van der Waals surface area (Å²) in [7, 11) is -2.08. The van der Waals surface area contributed by atoms with Crippen molar-refractivity contribution in [3.05, 3.63) is 72.3 Å². The average Bonchev–Trinajstić information content (AvgIpc) is 3.24. The Balaban J connectivity index is 1.46. The molecule has 0 saturated carbocycles. The third-order valence-corrected chi connectivity index (χ3v) is 6.50. The van der Waals surface area contributed by atoms with Crippen LogP contribution < -0.4 is 14.2 Å². The van der Waals surface area contributed by atoms with Crippen LogP contribution in [0.4, 0.5) is 0 Å². The Kier molecular flexibility index (Phi) is 6.43. The fraction of sp³-hybridized carbons (Fsp3) is 0.208. The first-order chi connectivity index (χ1) is 15.5. The van der Waals surface area contributed by atoms with Crippen LogP contribution in [0.15, 0.2) is 71.6 Å². The van der Waals surface area contributed by atoms with Crippen LogP contribution in [0, 0.1) is 0 Å². The van der Waals surface area contributed by atoms with Gasteiger partial charge in [0.15, 0.2) is 11.5 Å². The van der Waals surface area contributed by atoms with Crippen molar-refractivity contribution in [1.29, 1.82) is 0 Å². The number of nitrogens with one attached hydrogen (secondary N) is 2. The normalized spacial score (nSPS) is 11.6. The number of nitrogens with zero attached hydrogens (tertiary/aromatic N) is 1. The number of aromatic amines is 1. The second kappa shape index (κ2) is 9.42. The fourth-order valence-electron chi connectivity index (χ4n) is 3.44. The number of ether oxygens (including phenoxy) is 2. The number of methoxy groups -OCH3 is 1. The Morgan fingerprint density at radius 2 is 1.81 bits per heavy atom. The van der Waals surface area contributed by atoms with Crippen molar-refractivity contribution in [2.45, 2.75) is 18.2 Å². The van der Waals surface area contributed by atoms with Gasteiger partial charge in [-0.15, -0.1) is 0 Å². The number of H-pyrrole nitrogens is 1. The summed E-state index contributed by atoms with van der Waals surface area (Å²) in [5, 5.41) is 0. The minimum Gasteiger partial charge on any atom is -0.493 e. The van der Waals surface area contributed by atoms with Crippen molar-refractivity contribution in [2.75, 3.05) is 20.3 Å². The van der Waals surface area contributed by atoms with E-state index in [9.17, 15) is 8.42 Å². The molecule has 0 aliphatic heterocycles. The Morgan fingerprint density at radius 3 is 2.56 bits per heavy atom. The summed E-state index contributed by atoms with van der Waals surface area (Å²) >= 11 is 0. The molecule has 0 aliphatic rings. The highest BCUT2D eigenvalue weighted by atomic mass is 32.2. The quantitative estimate of drug-likeness (QED) is 0.399. The molecule has 2 N–H and O–H groups in total. The van der Waals surface area contributed by atoms with Gasteiger partial charge in [0, 0.05) is 12.1 Å². The summed E-state index contributed by atoms with van der Waals surface area (Å²) in [5.41, 5.74) is 3.27. The molecule has 4 aromatic rings. The van der Waals surface area contributed by atoms with Crippen LogP contribution in [-0.4, -0.2) is 38.6 Å². The summed E-state index contributed by atoms with van der Waals surface area (Å²) in [6.07, 6.45) is 0.520. The third-order valence-electron chi connectivity index (χ3n) is 5.04. The average molecular weight is 452 g/mol. The van der Waals surface area contributed by atoms with Gasteiger partial charge in [-0.05, 0) is 49.2 Å². The number of hydrogen-bond donors (Lipinski definition) is 2. The lowest BCUT2D eigenvalue weighted by molar-refractivity contribution is 0.310. The summed E-state index contributed by atoms with van der Waals surface area (Å²) in [5.74, 6) is 2.00. The Bertz CT molecular complexity index is 1320. The molecule has 0 fully saturated rings. The first-order valence-electron chi connectivity index (χ1n) is 10.3. The summed E-state index contributed by atoms with van der Waals surface area (Å²) < 4.78 is 39.2. The zero-order valence-corrected chi connectivity index (χ0v) is 18.8. The number of aromatic nitrogens is 2. The van der Waals surface area contributed by atoms with E-state index in [1.165, 1.54) is 0 Å². The largest absolute Gasteiger partial charge is 0.493 e. The van der Waals surface area contributed by atoms with Crippen molar-refractivity contribution in [3.8, 4) is 22.9 Å². The van der Waals surface area contributed by atoms with Crippen molar-refractivity contribution in [2.24, 2.45) is 0 Å². The standard InChI is InChI=1S/C24H25N3O4S/c1-3-31-22-12-9-17(15-23(22)30-2)13-14-25-32(28,29)19-10-11-20-21(16-19)27-24(26-20)18-7-5-4-6-8-18/h4-12,15-16,25H,3,13-14H2,1-2H3,(H,26,27). The molecule has 0 spiro atoms. The molecule has 4 rings (SSSR count). The highest BCUT2D eigenvalue weighted by Gasteiger charge is 2.16. The Hall–Kier alpha value is -3.36. The maximum absolute atomic E-state index is 12.8. The topological polar surface area (TPSA) is 93.3 Å². The molecular weight excluding hydrogens is 426 g/mol. The highest BCUT2D eigenvalue weighted by Crippen LogP contribution is 2.28. The molecule has 1 aromatic heterocycles. The van der Waals surface area contributed by atoms with Gasteiger partial charge in [-0.3, -0.25) is 0 Å². The highest BCUT2D eigenvalue weighted by molar-refractivity contribution is 7.89. The zero-order valence-electron chi connectivity index (χ0n) is 18.0. The predicted octanol–water partition coefficient (Wildman–Crippen LogP) is 4.16. The molecule has 0 atom stereocenters. The minimum absolute atomic E-state index is 0.192. The number of benzene rings is 3. The molecule has 0 saturated heterocycles. The molecule has 8 heteroatoms. The van der Waals surface area contributed by atoms with Crippen LogP contribution >= 0.6 is 0 Å². The molecule has 1 heterocycles. The van der Waals surface area contributed by atoms with E-state index in [0.29, 0.717) is 41.4 Å². The van der Waals surface area contributed by atoms with Gasteiger partial charge in [-0.1, -0.05) is 36.4 Å². The Labute approximate surface area is 187 Å². The van der Waals surface area contributed by atoms with Crippen LogP contribution in [0.3, 0.4) is 0 Å². The zero-order chi connectivity index (χ0) is 22.6. The summed E-state index contributed by atoms with van der Waals surface area (Å²) in [6.45, 7) is 2.71. The van der Waals surface area contributed by atoms with Crippen molar-refractivity contribution < 1.29 is 17.9 Å². The van der Waals surface area contributed by atoms with E-state index in [2.05, 4.69) is 14.7 Å². The van der Waals surface area contributed by atoms with Crippen LogP contribution in [0.25, 0.3) is 22.4 Å². The first kappa shape index (κ1) is 21.9. The smallest absolute Gasteiger partial charge is 0.240 e. The number of hydrogen-bond acceptors (Lipinski definition) is 5. The molecule has 3 aromatic carbocycles. The van der Waals surface area contributed by atoms with Gasteiger partial charge in [0.2, 0.25) is 10.0 Å². The number of rotatable bonds is 9. The molecular formula is C24H25N3O4S. The molecule has 32 heavy (non-hydrogen) atoms. The van der Waals surface area contributed by atoms with Gasteiger partial charge < -0.3 is 14.5 Å². The van der Waals surface area contributed by atoms with Crippen LogP contribution in [0.2, 0.25) is 0 Å². The monoisotopic (exact) mass is 451 g/mol. The van der Waals surface area contributed by atoms with E-state index >= 15 is 0 Å². The van der Waals surface area contributed by atoms with Gasteiger partial charge in [-0.2, -0.15) is 0 Å². The molecule has 0 unspecified atom stereocenters. The molecule has 7 nitrogen and oxygen atoms in total. The molecule has 0 bridgehead atoms. The third kappa shape index (κ3) is 4.76. The van der Waals surface area contributed by atoms with Crippen molar-refractivity contribution in [1.82, 2.24) is 14.7 Å². The number of fused-ring (bicyclic) bond motifs is 1. The number of sulfonamides is 1. The fourth-order valence-corrected chi connectivity index (χ4v) is 4.50. The SMILES string of the molecule is CCOc1ccc(CCNS(=O)(=O)c2ccc3nc(-c4ccccc4)[nH]c3c2)cc1OC. The van der Waals surface area contributed by atoms with Gasteiger partial charge in [0.05, 0.1) is 29.6 Å². The van der Waals surface area contributed by atoms with E-state index in [1.54, 1.807) is 25.3 Å². The van der Waals surface area contributed by atoms with E-state index in [1.807, 2.05) is 55.5 Å². The lowest BCUT2D eigenvalue weighted by Gasteiger charge is -2.11. The molecule has 166 valence electrons. The van der Waals surface area contributed by atoms with Crippen molar-refractivity contribution >= 4 is 21.1 Å². The van der Waals surface area contributed by atoms with Crippen LogP contribution in [0.1, 0.15) is 12.5 Å². The second-order valence-electron chi connectivity index (χ2n) is 7.20. The van der Waals surface area contributed by atoms with E-state index in [-0.39, 0.29) is 11.4 Å². The van der Waals surface area contributed by atoms with E-state index < -0.39 is 10.0 Å². The summed E-state index contributed by atoms with van der Waals surface area (Å²) in [6, 6.07) is 20.2. The van der Waals surface area contributed by atoms with Gasteiger partial charge >= 0.3 is 0 Å². The summed E-state index contributed by atoms with van der Waals surface area (Å²) in [4.78, 5) is 7.95. The Morgan fingerprint density at radius 1 is 1.00 bits per heavy atom. The first-order valence-corrected chi connectivity index (χ1v) is 11.8. The molecule has 0 radical (unpaired) electrons. The number of imidazole rings is 1. The molecule has 0 aliphatic carbocycles.